The first-order valence-electron chi connectivity index (χ1n) is 5.51. The first-order chi connectivity index (χ1) is 9.31. The molecule has 0 aliphatic rings. The van der Waals surface area contributed by atoms with Crippen LogP contribution in [0.15, 0.2) is 18.2 Å². The van der Waals surface area contributed by atoms with Crippen molar-refractivity contribution in [1.29, 1.82) is 0 Å². The summed E-state index contributed by atoms with van der Waals surface area (Å²) in [6, 6.07) is 1.90. The quantitative estimate of drug-likeness (QED) is 0.739. The van der Waals surface area contributed by atoms with Crippen LogP contribution in [0.1, 0.15) is 23.2 Å². The normalized spacial score (nSPS) is 11.7. The summed E-state index contributed by atoms with van der Waals surface area (Å²) >= 11 is 5.46. The Hall–Kier alpha value is -2.15. The zero-order valence-corrected chi connectivity index (χ0v) is 10.9. The maximum absolute atomic E-state index is 13.2. The molecule has 0 aromatic heterocycles. The zero-order chi connectivity index (χ0) is 15.3. The first-order valence-corrected chi connectivity index (χ1v) is 5.89. The highest BCUT2D eigenvalue weighted by Gasteiger charge is 2.21. The van der Waals surface area contributed by atoms with E-state index in [9.17, 15) is 18.8 Å². The number of carbonyl (C=O) groups excluding carboxylic acids is 1. The molecule has 108 valence electrons. The molecule has 0 heterocycles. The molecule has 0 aliphatic carbocycles. The van der Waals surface area contributed by atoms with E-state index < -0.39 is 36.1 Å². The van der Waals surface area contributed by atoms with E-state index in [4.69, 9.17) is 21.8 Å². The number of hydrogen-bond donors (Lipinski definition) is 3. The van der Waals surface area contributed by atoms with E-state index in [1.54, 1.807) is 0 Å². The van der Waals surface area contributed by atoms with Gasteiger partial charge >= 0.3 is 11.9 Å². The molecule has 0 saturated carbocycles. The minimum Gasteiger partial charge on any atom is -0.481 e. The van der Waals surface area contributed by atoms with Crippen molar-refractivity contribution >= 4 is 29.4 Å². The van der Waals surface area contributed by atoms with Crippen LogP contribution in [0.4, 0.5) is 4.39 Å². The number of hydrogen-bond acceptors (Lipinski definition) is 3. The molecule has 0 spiro atoms. The van der Waals surface area contributed by atoms with Crippen LogP contribution in [0.5, 0.6) is 0 Å². The third-order valence-corrected chi connectivity index (χ3v) is 2.74. The summed E-state index contributed by atoms with van der Waals surface area (Å²) in [5.74, 6) is -4.17. The Kier molecular flexibility index (Phi) is 5.45. The summed E-state index contributed by atoms with van der Waals surface area (Å²) in [6.45, 7) is 0. The number of amides is 1. The first kappa shape index (κ1) is 15.9. The average Bonchev–Trinajstić information content (AvgIpc) is 2.36. The second-order valence-corrected chi connectivity index (χ2v) is 4.33. The Morgan fingerprint density at radius 3 is 2.45 bits per heavy atom. The molecule has 0 radical (unpaired) electrons. The Labute approximate surface area is 118 Å². The number of halogens is 2. The summed E-state index contributed by atoms with van der Waals surface area (Å²) in [6.07, 6.45) is -0.682. The molecule has 0 aliphatic heterocycles. The van der Waals surface area contributed by atoms with Gasteiger partial charge < -0.3 is 15.5 Å². The molecule has 1 atom stereocenters. The van der Waals surface area contributed by atoms with Gasteiger partial charge in [-0.05, 0) is 24.6 Å². The fourth-order valence-electron chi connectivity index (χ4n) is 1.40. The van der Waals surface area contributed by atoms with Gasteiger partial charge in [-0.25, -0.2) is 9.18 Å². The Balaban J connectivity index is 2.77. The van der Waals surface area contributed by atoms with Crippen molar-refractivity contribution in [2.45, 2.75) is 18.9 Å². The van der Waals surface area contributed by atoms with E-state index in [0.717, 1.165) is 6.07 Å². The van der Waals surface area contributed by atoms with Gasteiger partial charge in [0.25, 0.3) is 5.91 Å². The number of carboxylic acids is 2. The average molecular weight is 304 g/mol. The van der Waals surface area contributed by atoms with E-state index in [1.165, 1.54) is 12.1 Å². The molecular formula is C12H11ClFNO5. The minimum absolute atomic E-state index is 0.103. The molecule has 1 amide bonds. The Morgan fingerprint density at radius 1 is 1.30 bits per heavy atom. The smallest absolute Gasteiger partial charge is 0.326 e. The summed E-state index contributed by atoms with van der Waals surface area (Å²) < 4.78 is 13.2. The van der Waals surface area contributed by atoms with E-state index in [0.29, 0.717) is 0 Å². The van der Waals surface area contributed by atoms with Crippen molar-refractivity contribution in [3.8, 4) is 0 Å². The van der Waals surface area contributed by atoms with E-state index >= 15 is 0 Å². The second kappa shape index (κ2) is 6.85. The van der Waals surface area contributed by atoms with E-state index in [-0.39, 0.29) is 17.0 Å². The van der Waals surface area contributed by atoms with Crippen LogP contribution in [0.3, 0.4) is 0 Å². The van der Waals surface area contributed by atoms with E-state index in [2.05, 4.69) is 5.32 Å². The van der Waals surface area contributed by atoms with Gasteiger partial charge in [0, 0.05) is 12.0 Å². The Morgan fingerprint density at radius 2 is 1.95 bits per heavy atom. The molecule has 1 aromatic carbocycles. The number of benzene rings is 1. The largest absolute Gasteiger partial charge is 0.481 e. The molecule has 0 bridgehead atoms. The van der Waals surface area contributed by atoms with Crippen LogP contribution >= 0.6 is 11.6 Å². The SMILES string of the molecule is O=C(O)CCC(NC(=O)c1ccc(Cl)c(F)c1)C(=O)O. The lowest BCUT2D eigenvalue weighted by Gasteiger charge is -2.13. The lowest BCUT2D eigenvalue weighted by Crippen LogP contribution is -2.41. The predicted molar refractivity (Wildman–Crippen MR) is 67.2 cm³/mol. The molecule has 1 rings (SSSR count). The Bertz CT molecular complexity index is 549. The van der Waals surface area contributed by atoms with Crippen molar-refractivity contribution in [2.75, 3.05) is 0 Å². The van der Waals surface area contributed by atoms with Gasteiger partial charge in [-0.15, -0.1) is 0 Å². The van der Waals surface area contributed by atoms with Crippen molar-refractivity contribution in [3.05, 3.63) is 34.6 Å². The fraction of sp³-hybridized carbons (Fsp3) is 0.250. The summed E-state index contributed by atoms with van der Waals surface area (Å²) in [4.78, 5) is 33.0. The van der Waals surface area contributed by atoms with Crippen molar-refractivity contribution in [3.63, 3.8) is 0 Å². The van der Waals surface area contributed by atoms with Crippen LogP contribution in [-0.4, -0.2) is 34.1 Å². The minimum atomic E-state index is -1.37. The number of rotatable bonds is 6. The van der Waals surface area contributed by atoms with Gasteiger partial charge in [0.1, 0.15) is 11.9 Å². The molecule has 1 aromatic rings. The molecule has 3 N–H and O–H groups in total. The summed E-state index contributed by atoms with van der Waals surface area (Å²) in [7, 11) is 0. The highest BCUT2D eigenvalue weighted by molar-refractivity contribution is 6.30. The standard InChI is InChI=1S/C12H11ClFNO5/c13-7-2-1-6(5-8(7)14)11(18)15-9(12(19)20)3-4-10(16)17/h1-2,5,9H,3-4H2,(H,15,18)(H,16,17)(H,19,20). The van der Waals surface area contributed by atoms with Gasteiger partial charge in [0.2, 0.25) is 0 Å². The molecule has 0 saturated heterocycles. The van der Waals surface area contributed by atoms with E-state index in [1.807, 2.05) is 0 Å². The number of carbonyl (C=O) groups is 3. The number of nitrogens with one attached hydrogen (secondary N) is 1. The van der Waals surface area contributed by atoms with Crippen LogP contribution < -0.4 is 5.32 Å². The third kappa shape index (κ3) is 4.51. The zero-order valence-electron chi connectivity index (χ0n) is 10.1. The lowest BCUT2D eigenvalue weighted by molar-refractivity contribution is -0.140. The molecule has 0 fully saturated rings. The van der Waals surface area contributed by atoms with Crippen LogP contribution in [0.25, 0.3) is 0 Å². The third-order valence-electron chi connectivity index (χ3n) is 2.43. The van der Waals surface area contributed by atoms with Crippen molar-refractivity contribution < 1.29 is 29.0 Å². The van der Waals surface area contributed by atoms with Crippen LogP contribution in [-0.2, 0) is 9.59 Å². The predicted octanol–water partition coefficient (Wildman–Crippen LogP) is 1.53. The van der Waals surface area contributed by atoms with Gasteiger partial charge in [0.05, 0.1) is 5.02 Å². The van der Waals surface area contributed by atoms with Gasteiger partial charge in [0.15, 0.2) is 0 Å². The topological polar surface area (TPSA) is 104 Å². The molecule has 20 heavy (non-hydrogen) atoms. The summed E-state index contributed by atoms with van der Waals surface area (Å²) in [5.41, 5.74) is -0.103. The number of carboxylic acid groups (broad SMARTS) is 2. The molecule has 8 heteroatoms. The molecular weight excluding hydrogens is 293 g/mol. The van der Waals surface area contributed by atoms with Crippen LogP contribution in [0.2, 0.25) is 5.02 Å². The summed E-state index contributed by atoms with van der Waals surface area (Å²) in [5, 5.41) is 19.3. The van der Waals surface area contributed by atoms with Crippen molar-refractivity contribution in [1.82, 2.24) is 5.32 Å². The van der Waals surface area contributed by atoms with Gasteiger partial charge in [-0.1, -0.05) is 11.6 Å². The monoisotopic (exact) mass is 303 g/mol. The number of aliphatic carboxylic acids is 2. The lowest BCUT2D eigenvalue weighted by atomic mass is 10.1. The van der Waals surface area contributed by atoms with Crippen molar-refractivity contribution in [2.24, 2.45) is 0 Å². The molecule has 1 unspecified atom stereocenters. The fourth-order valence-corrected chi connectivity index (χ4v) is 1.52. The highest BCUT2D eigenvalue weighted by atomic mass is 35.5. The second-order valence-electron chi connectivity index (χ2n) is 3.93. The maximum Gasteiger partial charge on any atom is 0.326 e. The van der Waals surface area contributed by atoms with Gasteiger partial charge in [-0.3, -0.25) is 9.59 Å². The maximum atomic E-state index is 13.2. The molecule has 6 nitrogen and oxygen atoms in total. The highest BCUT2D eigenvalue weighted by Crippen LogP contribution is 2.15. The van der Waals surface area contributed by atoms with Gasteiger partial charge in [-0.2, -0.15) is 0 Å². The van der Waals surface area contributed by atoms with Crippen LogP contribution in [0, 0.1) is 5.82 Å².